The molecule has 4 heteroatoms. The summed E-state index contributed by atoms with van der Waals surface area (Å²) in [6.07, 6.45) is 0. The Morgan fingerprint density at radius 3 is 2.39 bits per heavy atom. The van der Waals surface area contributed by atoms with Crippen molar-refractivity contribution in [2.45, 2.75) is 18.7 Å². The monoisotopic (exact) mass is 279 g/mol. The van der Waals surface area contributed by atoms with E-state index in [4.69, 9.17) is 11.6 Å². The smallest absolute Gasteiger partial charge is 0.151 e. The molecule has 18 heavy (non-hydrogen) atoms. The van der Waals surface area contributed by atoms with E-state index < -0.39 is 11.0 Å². The van der Waals surface area contributed by atoms with Crippen LogP contribution in [-0.4, -0.2) is 4.21 Å². The highest BCUT2D eigenvalue weighted by molar-refractivity contribution is 7.86. The van der Waals surface area contributed by atoms with E-state index in [1.165, 1.54) is 5.56 Å². The molecular formula is C14H14ClNOS. The molecule has 0 radical (unpaired) electrons. The summed E-state index contributed by atoms with van der Waals surface area (Å²) in [6.45, 7) is 3.91. The molecule has 0 bridgehead atoms. The first-order chi connectivity index (χ1) is 8.58. The Hall–Kier alpha value is -1.32. The van der Waals surface area contributed by atoms with E-state index in [1.807, 2.05) is 50.2 Å². The third kappa shape index (κ3) is 2.92. The van der Waals surface area contributed by atoms with Crippen LogP contribution in [0.3, 0.4) is 0 Å². The number of hydrogen-bond donors (Lipinski definition) is 1. The van der Waals surface area contributed by atoms with Crippen molar-refractivity contribution in [3.8, 4) is 0 Å². The van der Waals surface area contributed by atoms with E-state index in [1.54, 1.807) is 6.07 Å². The van der Waals surface area contributed by atoms with Gasteiger partial charge < -0.3 is 4.72 Å². The molecule has 0 aromatic heterocycles. The number of aryl methyl sites for hydroxylation is 2. The highest BCUT2D eigenvalue weighted by Crippen LogP contribution is 2.24. The van der Waals surface area contributed by atoms with Crippen LogP contribution in [0.2, 0.25) is 5.02 Å². The maximum Gasteiger partial charge on any atom is 0.151 e. The predicted molar refractivity (Wildman–Crippen MR) is 77.4 cm³/mol. The summed E-state index contributed by atoms with van der Waals surface area (Å²) in [5.74, 6) is 0. The maximum atomic E-state index is 12.2. The largest absolute Gasteiger partial charge is 0.301 e. The number of nitrogens with one attached hydrogen (secondary N) is 1. The second-order valence-electron chi connectivity index (χ2n) is 4.12. The Bertz CT molecular complexity index is 581. The molecule has 0 aliphatic rings. The van der Waals surface area contributed by atoms with Crippen molar-refractivity contribution in [3.05, 3.63) is 58.6 Å². The zero-order valence-electron chi connectivity index (χ0n) is 10.2. The van der Waals surface area contributed by atoms with Gasteiger partial charge in [-0.15, -0.1) is 0 Å². The molecule has 0 heterocycles. The third-order valence-electron chi connectivity index (χ3n) is 2.62. The van der Waals surface area contributed by atoms with Gasteiger partial charge in [-0.2, -0.15) is 0 Å². The lowest BCUT2D eigenvalue weighted by Gasteiger charge is -2.09. The van der Waals surface area contributed by atoms with Crippen molar-refractivity contribution >= 4 is 28.3 Å². The number of hydrogen-bond acceptors (Lipinski definition) is 1. The van der Waals surface area contributed by atoms with Gasteiger partial charge in [0.2, 0.25) is 0 Å². The first-order valence-corrected chi connectivity index (χ1v) is 7.11. The summed E-state index contributed by atoms with van der Waals surface area (Å²) in [5.41, 5.74) is 2.91. The van der Waals surface area contributed by atoms with E-state index in [9.17, 15) is 4.21 Å². The standard InChI is InChI=1S/C14H14ClNOS/c1-10-6-8-12(9-7-10)16-18(17)13-5-3-4-11(2)14(13)15/h3-9,16H,1-2H3. The lowest BCUT2D eigenvalue weighted by Crippen LogP contribution is -2.05. The third-order valence-corrected chi connectivity index (χ3v) is 4.39. The lowest BCUT2D eigenvalue weighted by atomic mass is 10.2. The number of halogens is 1. The minimum absolute atomic E-state index is 0.551. The summed E-state index contributed by atoms with van der Waals surface area (Å²) in [5, 5.41) is 0.551. The van der Waals surface area contributed by atoms with E-state index in [-0.39, 0.29) is 0 Å². The Morgan fingerprint density at radius 1 is 1.06 bits per heavy atom. The molecule has 2 aromatic rings. The van der Waals surface area contributed by atoms with Crippen LogP contribution in [0.5, 0.6) is 0 Å². The molecule has 0 saturated carbocycles. The van der Waals surface area contributed by atoms with Gasteiger partial charge in [-0.1, -0.05) is 41.4 Å². The van der Waals surface area contributed by atoms with Crippen molar-refractivity contribution in [3.63, 3.8) is 0 Å². The molecule has 1 unspecified atom stereocenters. The topological polar surface area (TPSA) is 29.1 Å². The van der Waals surface area contributed by atoms with Crippen LogP contribution < -0.4 is 4.72 Å². The van der Waals surface area contributed by atoms with Crippen LogP contribution >= 0.6 is 11.6 Å². The molecular weight excluding hydrogens is 266 g/mol. The minimum Gasteiger partial charge on any atom is -0.301 e. The fraction of sp³-hybridized carbons (Fsp3) is 0.143. The van der Waals surface area contributed by atoms with Crippen LogP contribution in [-0.2, 0) is 11.0 Å². The van der Waals surface area contributed by atoms with Gasteiger partial charge in [0.1, 0.15) is 0 Å². The Kier molecular flexibility index (Phi) is 4.04. The van der Waals surface area contributed by atoms with Gasteiger partial charge in [0.25, 0.3) is 0 Å². The fourth-order valence-electron chi connectivity index (χ4n) is 1.55. The van der Waals surface area contributed by atoms with Crippen molar-refractivity contribution in [2.75, 3.05) is 4.72 Å². The molecule has 0 spiro atoms. The van der Waals surface area contributed by atoms with E-state index in [0.717, 1.165) is 11.3 Å². The zero-order chi connectivity index (χ0) is 13.1. The van der Waals surface area contributed by atoms with Gasteiger partial charge in [0.15, 0.2) is 11.0 Å². The predicted octanol–water partition coefficient (Wildman–Crippen LogP) is 4.09. The molecule has 0 aliphatic carbocycles. The fourth-order valence-corrected chi connectivity index (χ4v) is 2.87. The van der Waals surface area contributed by atoms with E-state index >= 15 is 0 Å². The highest BCUT2D eigenvalue weighted by Gasteiger charge is 2.10. The first kappa shape index (κ1) is 13.1. The molecule has 0 fully saturated rings. The molecule has 0 saturated heterocycles. The highest BCUT2D eigenvalue weighted by atomic mass is 35.5. The summed E-state index contributed by atoms with van der Waals surface area (Å²) >= 11 is 6.15. The normalized spacial score (nSPS) is 12.2. The Morgan fingerprint density at radius 2 is 1.72 bits per heavy atom. The van der Waals surface area contributed by atoms with Gasteiger partial charge in [-0.05, 0) is 37.6 Å². The van der Waals surface area contributed by atoms with Gasteiger partial charge in [-0.3, -0.25) is 0 Å². The van der Waals surface area contributed by atoms with Gasteiger partial charge in [0.05, 0.1) is 9.92 Å². The van der Waals surface area contributed by atoms with Crippen LogP contribution in [0.25, 0.3) is 0 Å². The number of rotatable bonds is 3. The Labute approximate surface area is 115 Å². The molecule has 2 rings (SSSR count). The minimum atomic E-state index is -1.34. The Balaban J connectivity index is 2.22. The summed E-state index contributed by atoms with van der Waals surface area (Å²) in [4.78, 5) is 0.609. The van der Waals surface area contributed by atoms with E-state index in [0.29, 0.717) is 9.92 Å². The molecule has 2 nitrogen and oxygen atoms in total. The quantitative estimate of drug-likeness (QED) is 0.901. The number of anilines is 1. The maximum absolute atomic E-state index is 12.2. The molecule has 0 amide bonds. The first-order valence-electron chi connectivity index (χ1n) is 5.58. The average Bonchev–Trinajstić information content (AvgIpc) is 2.35. The van der Waals surface area contributed by atoms with Crippen molar-refractivity contribution in [1.29, 1.82) is 0 Å². The molecule has 1 N–H and O–H groups in total. The van der Waals surface area contributed by atoms with Crippen LogP contribution in [0, 0.1) is 13.8 Å². The summed E-state index contributed by atoms with van der Waals surface area (Å²) in [7, 11) is -1.34. The summed E-state index contributed by atoms with van der Waals surface area (Å²) in [6, 6.07) is 13.3. The lowest BCUT2D eigenvalue weighted by molar-refractivity contribution is 0.686. The van der Waals surface area contributed by atoms with Crippen molar-refractivity contribution < 1.29 is 4.21 Å². The molecule has 1 atom stereocenters. The van der Waals surface area contributed by atoms with Gasteiger partial charge >= 0.3 is 0 Å². The van der Waals surface area contributed by atoms with E-state index in [2.05, 4.69) is 4.72 Å². The molecule has 2 aromatic carbocycles. The van der Waals surface area contributed by atoms with Gasteiger partial charge in [0, 0.05) is 5.69 Å². The summed E-state index contributed by atoms with van der Waals surface area (Å²) < 4.78 is 15.1. The van der Waals surface area contributed by atoms with Crippen LogP contribution in [0.15, 0.2) is 47.4 Å². The zero-order valence-corrected chi connectivity index (χ0v) is 11.8. The molecule has 94 valence electrons. The van der Waals surface area contributed by atoms with Crippen LogP contribution in [0.4, 0.5) is 5.69 Å². The second-order valence-corrected chi connectivity index (χ2v) is 5.68. The average molecular weight is 280 g/mol. The second kappa shape index (κ2) is 5.55. The molecule has 0 aliphatic heterocycles. The van der Waals surface area contributed by atoms with Crippen molar-refractivity contribution in [2.24, 2.45) is 0 Å². The van der Waals surface area contributed by atoms with Crippen molar-refractivity contribution in [1.82, 2.24) is 0 Å². The number of benzene rings is 2. The SMILES string of the molecule is Cc1ccc(NS(=O)c2cccc(C)c2Cl)cc1. The van der Waals surface area contributed by atoms with Gasteiger partial charge in [-0.25, -0.2) is 4.21 Å². The van der Waals surface area contributed by atoms with Crippen LogP contribution in [0.1, 0.15) is 11.1 Å².